The van der Waals surface area contributed by atoms with Crippen molar-refractivity contribution < 1.29 is 4.74 Å². The van der Waals surface area contributed by atoms with Crippen molar-refractivity contribution in [1.29, 1.82) is 0 Å². The van der Waals surface area contributed by atoms with Crippen LogP contribution < -0.4 is 4.74 Å². The molecule has 114 valence electrons. The second-order valence-corrected chi connectivity index (χ2v) is 6.78. The molecule has 0 saturated carbocycles. The van der Waals surface area contributed by atoms with E-state index in [1.165, 1.54) is 5.56 Å². The number of rotatable bonds is 3. The molecule has 0 aliphatic rings. The number of hydrogen-bond acceptors (Lipinski definition) is 4. The first-order chi connectivity index (χ1) is 10.5. The average molecular weight is 312 g/mol. The summed E-state index contributed by atoms with van der Waals surface area (Å²) < 4.78 is 5.41. The summed E-state index contributed by atoms with van der Waals surface area (Å²) in [6, 6.07) is 6.26. The number of hydrogen-bond donors (Lipinski definition) is 0. The molecule has 3 nitrogen and oxygen atoms in total. The van der Waals surface area contributed by atoms with Gasteiger partial charge >= 0.3 is 0 Å². The Morgan fingerprint density at radius 1 is 1.00 bits per heavy atom. The maximum Gasteiger partial charge on any atom is 0.122 e. The molecule has 0 atom stereocenters. The van der Waals surface area contributed by atoms with Crippen LogP contribution in [0.3, 0.4) is 0 Å². The normalized spacial score (nSPS) is 11.4. The fourth-order valence-electron chi connectivity index (χ4n) is 2.55. The van der Waals surface area contributed by atoms with Crippen LogP contribution in [0, 0.1) is 13.8 Å². The Morgan fingerprint density at radius 3 is 2.41 bits per heavy atom. The van der Waals surface area contributed by atoms with Crippen molar-refractivity contribution in [2.75, 3.05) is 7.11 Å². The smallest absolute Gasteiger partial charge is 0.122 e. The number of aryl methyl sites for hydroxylation is 2. The molecule has 3 aromatic rings. The van der Waals surface area contributed by atoms with Crippen LogP contribution in [0.1, 0.15) is 35.9 Å². The number of fused-ring (bicyclic) bond motifs is 1. The minimum Gasteiger partial charge on any atom is -0.496 e. The first-order valence-electron chi connectivity index (χ1n) is 7.41. The molecule has 0 aliphatic heterocycles. The van der Waals surface area contributed by atoms with E-state index in [0.717, 1.165) is 38.6 Å². The van der Waals surface area contributed by atoms with Crippen LogP contribution in [0.4, 0.5) is 0 Å². The summed E-state index contributed by atoms with van der Waals surface area (Å²) in [6.45, 7) is 8.48. The van der Waals surface area contributed by atoms with Crippen molar-refractivity contribution in [2.45, 2.75) is 33.6 Å². The Hall–Kier alpha value is -1.94. The zero-order chi connectivity index (χ0) is 15.9. The van der Waals surface area contributed by atoms with Crippen LogP contribution >= 0.6 is 11.3 Å². The quantitative estimate of drug-likeness (QED) is 0.674. The van der Waals surface area contributed by atoms with E-state index in [2.05, 4.69) is 44.4 Å². The van der Waals surface area contributed by atoms with E-state index in [9.17, 15) is 0 Å². The molecule has 1 aromatic carbocycles. The molecule has 2 aromatic heterocycles. The Morgan fingerprint density at radius 2 is 1.77 bits per heavy atom. The number of pyridine rings is 1. The zero-order valence-electron chi connectivity index (χ0n) is 13.6. The third kappa shape index (κ3) is 2.59. The van der Waals surface area contributed by atoms with Crippen LogP contribution in [-0.4, -0.2) is 17.1 Å². The van der Waals surface area contributed by atoms with Gasteiger partial charge in [0.1, 0.15) is 5.75 Å². The van der Waals surface area contributed by atoms with Crippen molar-refractivity contribution in [3.63, 3.8) is 0 Å². The van der Waals surface area contributed by atoms with Gasteiger partial charge in [0.05, 0.1) is 29.0 Å². The number of benzene rings is 1. The molecular weight excluding hydrogens is 292 g/mol. The Balaban J connectivity index is 2.15. The van der Waals surface area contributed by atoms with Crippen LogP contribution in [0.25, 0.3) is 22.3 Å². The maximum atomic E-state index is 5.41. The van der Waals surface area contributed by atoms with E-state index in [4.69, 9.17) is 14.7 Å². The van der Waals surface area contributed by atoms with Gasteiger partial charge in [-0.1, -0.05) is 13.8 Å². The van der Waals surface area contributed by atoms with Gasteiger partial charge in [0.25, 0.3) is 0 Å². The van der Waals surface area contributed by atoms with Gasteiger partial charge in [-0.2, -0.15) is 0 Å². The van der Waals surface area contributed by atoms with Gasteiger partial charge in [-0.05, 0) is 43.2 Å². The molecule has 22 heavy (non-hydrogen) atoms. The average Bonchev–Trinajstić information content (AvgIpc) is 2.96. The van der Waals surface area contributed by atoms with E-state index in [1.54, 1.807) is 18.4 Å². The Kier molecular flexibility index (Phi) is 3.87. The highest BCUT2D eigenvalue weighted by Crippen LogP contribution is 2.31. The SMILES string of the molecule is COc1cc2c(C)cc(-c3csc(C(C)C)n3)nc2cc1C. The summed E-state index contributed by atoms with van der Waals surface area (Å²) in [4.78, 5) is 9.52. The lowest BCUT2D eigenvalue weighted by molar-refractivity contribution is 0.412. The maximum absolute atomic E-state index is 5.41. The monoisotopic (exact) mass is 312 g/mol. The minimum absolute atomic E-state index is 0.451. The highest BCUT2D eigenvalue weighted by Gasteiger charge is 2.12. The number of thiazole rings is 1. The topological polar surface area (TPSA) is 35.0 Å². The van der Waals surface area contributed by atoms with Gasteiger partial charge < -0.3 is 4.74 Å². The molecular formula is C18H20N2OS. The van der Waals surface area contributed by atoms with Gasteiger partial charge in [-0.15, -0.1) is 11.3 Å². The lowest BCUT2D eigenvalue weighted by Crippen LogP contribution is -1.93. The second-order valence-electron chi connectivity index (χ2n) is 5.89. The lowest BCUT2D eigenvalue weighted by atomic mass is 10.1. The number of nitrogens with zero attached hydrogens (tertiary/aromatic N) is 2. The molecule has 2 heterocycles. The molecule has 0 spiro atoms. The Labute approximate surface area is 135 Å². The van der Waals surface area contributed by atoms with Crippen LogP contribution in [0.2, 0.25) is 0 Å². The molecule has 0 saturated heterocycles. The predicted molar refractivity (Wildman–Crippen MR) is 93.0 cm³/mol. The Bertz CT molecular complexity index is 836. The van der Waals surface area contributed by atoms with Gasteiger partial charge in [-0.25, -0.2) is 9.97 Å². The zero-order valence-corrected chi connectivity index (χ0v) is 14.4. The van der Waals surface area contributed by atoms with Crippen LogP contribution in [0.15, 0.2) is 23.6 Å². The van der Waals surface area contributed by atoms with E-state index >= 15 is 0 Å². The number of aromatic nitrogens is 2. The molecule has 0 fully saturated rings. The lowest BCUT2D eigenvalue weighted by Gasteiger charge is -2.10. The van der Waals surface area contributed by atoms with Crippen LogP contribution in [-0.2, 0) is 0 Å². The van der Waals surface area contributed by atoms with Gasteiger partial charge in [0, 0.05) is 16.7 Å². The van der Waals surface area contributed by atoms with Crippen molar-refractivity contribution in [3.8, 4) is 17.1 Å². The summed E-state index contributed by atoms with van der Waals surface area (Å²) in [5.74, 6) is 1.35. The highest BCUT2D eigenvalue weighted by molar-refractivity contribution is 7.10. The second kappa shape index (κ2) is 5.69. The fraction of sp³-hybridized carbons (Fsp3) is 0.333. The highest BCUT2D eigenvalue weighted by atomic mass is 32.1. The molecule has 0 radical (unpaired) electrons. The van der Waals surface area contributed by atoms with Crippen molar-refractivity contribution in [2.24, 2.45) is 0 Å². The van der Waals surface area contributed by atoms with Crippen molar-refractivity contribution in [1.82, 2.24) is 9.97 Å². The van der Waals surface area contributed by atoms with Gasteiger partial charge in [0.2, 0.25) is 0 Å². The minimum atomic E-state index is 0.451. The summed E-state index contributed by atoms with van der Waals surface area (Å²) in [5, 5.41) is 4.38. The molecule has 3 rings (SSSR count). The van der Waals surface area contributed by atoms with Crippen molar-refractivity contribution in [3.05, 3.63) is 39.7 Å². The molecule has 0 amide bonds. The first-order valence-corrected chi connectivity index (χ1v) is 8.29. The van der Waals surface area contributed by atoms with Gasteiger partial charge in [0.15, 0.2) is 0 Å². The van der Waals surface area contributed by atoms with E-state index in [1.807, 2.05) is 6.92 Å². The largest absolute Gasteiger partial charge is 0.496 e. The summed E-state index contributed by atoms with van der Waals surface area (Å²) >= 11 is 1.70. The third-order valence-electron chi connectivity index (χ3n) is 3.81. The van der Waals surface area contributed by atoms with E-state index in [-0.39, 0.29) is 0 Å². The van der Waals surface area contributed by atoms with Gasteiger partial charge in [-0.3, -0.25) is 0 Å². The number of ether oxygens (including phenoxy) is 1. The predicted octanol–water partition coefficient (Wildman–Crippen LogP) is 5.11. The standard InChI is InChI=1S/C18H20N2OS/c1-10(2)18-20-16(9-22-18)15-6-11(3)13-8-17(21-5)12(4)7-14(13)19-15/h6-10H,1-5H3. The summed E-state index contributed by atoms with van der Waals surface area (Å²) in [7, 11) is 1.70. The number of methoxy groups -OCH3 is 1. The molecule has 0 bridgehead atoms. The molecule has 0 aliphatic carbocycles. The van der Waals surface area contributed by atoms with E-state index in [0.29, 0.717) is 5.92 Å². The molecule has 0 N–H and O–H groups in total. The fourth-order valence-corrected chi connectivity index (χ4v) is 3.38. The summed E-state index contributed by atoms with van der Waals surface area (Å²) in [5.41, 5.74) is 5.19. The van der Waals surface area contributed by atoms with Crippen LogP contribution in [0.5, 0.6) is 5.75 Å². The summed E-state index contributed by atoms with van der Waals surface area (Å²) in [6.07, 6.45) is 0. The molecule has 0 unspecified atom stereocenters. The van der Waals surface area contributed by atoms with E-state index < -0.39 is 0 Å². The third-order valence-corrected chi connectivity index (χ3v) is 4.96. The molecule has 4 heteroatoms. The van der Waals surface area contributed by atoms with Crippen molar-refractivity contribution >= 4 is 22.2 Å². The first kappa shape index (κ1) is 15.0.